The molecule has 3 aromatic rings. The van der Waals surface area contributed by atoms with E-state index in [4.69, 9.17) is 17.3 Å². The maximum atomic E-state index is 13.2. The van der Waals surface area contributed by atoms with Gasteiger partial charge in [0.15, 0.2) is 0 Å². The molecule has 26 heavy (non-hydrogen) atoms. The Kier molecular flexibility index (Phi) is 5.56. The fourth-order valence-electron chi connectivity index (χ4n) is 2.55. The largest absolute Gasteiger partial charge is 0.399 e. The lowest BCUT2D eigenvalue weighted by molar-refractivity contribution is 0.397. The molecule has 0 bridgehead atoms. The third-order valence-corrected chi connectivity index (χ3v) is 5.88. The van der Waals surface area contributed by atoms with E-state index in [1.807, 2.05) is 12.1 Å². The number of rotatable bonds is 6. The van der Waals surface area contributed by atoms with Gasteiger partial charge in [0.05, 0.1) is 17.1 Å². The van der Waals surface area contributed by atoms with E-state index < -0.39 is 10.0 Å². The first-order valence-corrected chi connectivity index (χ1v) is 9.77. The van der Waals surface area contributed by atoms with Gasteiger partial charge < -0.3 is 5.73 Å². The molecule has 0 unspecified atom stereocenters. The minimum atomic E-state index is -3.73. The van der Waals surface area contributed by atoms with Crippen LogP contribution in [0.1, 0.15) is 11.3 Å². The van der Waals surface area contributed by atoms with Crippen LogP contribution in [0.2, 0.25) is 5.02 Å². The summed E-state index contributed by atoms with van der Waals surface area (Å²) < 4.78 is 27.7. The van der Waals surface area contributed by atoms with Gasteiger partial charge in [0.2, 0.25) is 10.0 Å². The summed E-state index contributed by atoms with van der Waals surface area (Å²) in [4.78, 5) is 4.43. The van der Waals surface area contributed by atoms with E-state index >= 15 is 0 Å². The first-order chi connectivity index (χ1) is 12.4. The number of hydrogen-bond donors (Lipinski definition) is 1. The molecular formula is C19H18ClN3O2S. The van der Waals surface area contributed by atoms with Crippen LogP contribution in [0.5, 0.6) is 0 Å². The predicted octanol–water partition coefficient (Wildman–Crippen LogP) is 3.71. The van der Waals surface area contributed by atoms with Gasteiger partial charge in [-0.3, -0.25) is 4.98 Å². The highest BCUT2D eigenvalue weighted by molar-refractivity contribution is 7.89. The SMILES string of the molecule is Nc1cccc(CN(Cc2ccccn2)S(=O)(=O)c2ccc(Cl)cc2)c1. The van der Waals surface area contributed by atoms with Crippen molar-refractivity contribution in [1.82, 2.24) is 9.29 Å². The van der Waals surface area contributed by atoms with E-state index in [1.165, 1.54) is 16.4 Å². The minimum Gasteiger partial charge on any atom is -0.399 e. The highest BCUT2D eigenvalue weighted by atomic mass is 35.5. The van der Waals surface area contributed by atoms with Crippen LogP contribution in [-0.2, 0) is 23.1 Å². The molecule has 5 nitrogen and oxygen atoms in total. The van der Waals surface area contributed by atoms with Crippen LogP contribution >= 0.6 is 11.6 Å². The van der Waals surface area contributed by atoms with Crippen molar-refractivity contribution in [2.45, 2.75) is 18.0 Å². The Bertz CT molecular complexity index is 977. The Labute approximate surface area is 158 Å². The molecule has 2 aromatic carbocycles. The molecule has 0 aliphatic heterocycles. The van der Waals surface area contributed by atoms with Gasteiger partial charge in [0, 0.05) is 23.5 Å². The van der Waals surface area contributed by atoms with Crippen molar-refractivity contribution >= 4 is 27.3 Å². The molecule has 0 aliphatic rings. The maximum absolute atomic E-state index is 13.2. The van der Waals surface area contributed by atoms with Gasteiger partial charge in [-0.25, -0.2) is 8.42 Å². The lowest BCUT2D eigenvalue weighted by Crippen LogP contribution is -2.30. The zero-order chi connectivity index (χ0) is 18.6. The molecule has 1 aromatic heterocycles. The fourth-order valence-corrected chi connectivity index (χ4v) is 4.07. The lowest BCUT2D eigenvalue weighted by atomic mass is 10.2. The highest BCUT2D eigenvalue weighted by Crippen LogP contribution is 2.22. The van der Waals surface area contributed by atoms with Crippen LogP contribution in [0.3, 0.4) is 0 Å². The summed E-state index contributed by atoms with van der Waals surface area (Å²) in [6.07, 6.45) is 1.64. The molecule has 0 saturated heterocycles. The second kappa shape index (κ2) is 7.86. The van der Waals surface area contributed by atoms with Crippen LogP contribution < -0.4 is 5.73 Å². The molecule has 134 valence electrons. The molecule has 0 aliphatic carbocycles. The fraction of sp³-hybridized carbons (Fsp3) is 0.105. The Morgan fingerprint density at radius 3 is 2.38 bits per heavy atom. The molecule has 7 heteroatoms. The Morgan fingerprint density at radius 1 is 0.962 bits per heavy atom. The summed E-state index contributed by atoms with van der Waals surface area (Å²) in [7, 11) is -3.73. The van der Waals surface area contributed by atoms with Crippen molar-refractivity contribution in [3.63, 3.8) is 0 Å². The second-order valence-corrected chi connectivity index (χ2v) is 8.17. The maximum Gasteiger partial charge on any atom is 0.243 e. The van der Waals surface area contributed by atoms with Crippen molar-refractivity contribution < 1.29 is 8.42 Å². The third-order valence-electron chi connectivity index (χ3n) is 3.83. The number of sulfonamides is 1. The number of aromatic nitrogens is 1. The van der Waals surface area contributed by atoms with Crippen molar-refractivity contribution in [2.24, 2.45) is 0 Å². The quantitative estimate of drug-likeness (QED) is 0.654. The standard InChI is InChI=1S/C19H18ClN3O2S/c20-16-7-9-19(10-8-16)26(24,25)23(14-18-6-1-2-11-22-18)13-15-4-3-5-17(21)12-15/h1-12H,13-14,21H2. The summed E-state index contributed by atoms with van der Waals surface area (Å²) in [6, 6.07) is 18.7. The normalized spacial score (nSPS) is 11.6. The molecule has 0 spiro atoms. The Balaban J connectivity index is 1.97. The second-order valence-electron chi connectivity index (χ2n) is 5.79. The van der Waals surface area contributed by atoms with Gasteiger partial charge in [-0.05, 0) is 54.1 Å². The van der Waals surface area contributed by atoms with E-state index in [0.29, 0.717) is 16.4 Å². The monoisotopic (exact) mass is 387 g/mol. The van der Waals surface area contributed by atoms with E-state index in [9.17, 15) is 8.42 Å². The number of nitrogens with two attached hydrogens (primary N) is 1. The van der Waals surface area contributed by atoms with Crippen molar-refractivity contribution in [2.75, 3.05) is 5.73 Å². The molecular weight excluding hydrogens is 370 g/mol. The molecule has 0 atom stereocenters. The summed E-state index contributed by atoms with van der Waals surface area (Å²) in [6.45, 7) is 0.340. The Hall–Kier alpha value is -2.41. The average Bonchev–Trinajstić information content (AvgIpc) is 2.62. The number of benzene rings is 2. The molecule has 0 fully saturated rings. The van der Waals surface area contributed by atoms with Gasteiger partial charge in [-0.15, -0.1) is 0 Å². The zero-order valence-electron chi connectivity index (χ0n) is 13.9. The van der Waals surface area contributed by atoms with Gasteiger partial charge in [-0.1, -0.05) is 29.8 Å². The minimum absolute atomic E-state index is 0.153. The van der Waals surface area contributed by atoms with Gasteiger partial charge >= 0.3 is 0 Å². The first kappa shape index (κ1) is 18.4. The molecule has 0 amide bonds. The van der Waals surface area contributed by atoms with Crippen LogP contribution in [0, 0.1) is 0 Å². The van der Waals surface area contributed by atoms with Crippen LogP contribution in [0.15, 0.2) is 77.8 Å². The van der Waals surface area contributed by atoms with E-state index in [2.05, 4.69) is 4.98 Å². The number of anilines is 1. The Morgan fingerprint density at radius 2 is 1.73 bits per heavy atom. The zero-order valence-corrected chi connectivity index (χ0v) is 15.5. The van der Waals surface area contributed by atoms with Gasteiger partial charge in [0.1, 0.15) is 0 Å². The molecule has 2 N–H and O–H groups in total. The highest BCUT2D eigenvalue weighted by Gasteiger charge is 2.25. The summed E-state index contributed by atoms with van der Waals surface area (Å²) in [5.74, 6) is 0. The molecule has 0 saturated carbocycles. The smallest absolute Gasteiger partial charge is 0.243 e. The van der Waals surface area contributed by atoms with Crippen LogP contribution in [-0.4, -0.2) is 17.7 Å². The summed E-state index contributed by atoms with van der Waals surface area (Å²) in [5, 5.41) is 0.482. The molecule has 1 heterocycles. The van der Waals surface area contributed by atoms with Gasteiger partial charge in [0.25, 0.3) is 0 Å². The molecule has 0 radical (unpaired) electrons. The topological polar surface area (TPSA) is 76.3 Å². The number of nitrogens with zero attached hydrogens (tertiary/aromatic N) is 2. The number of nitrogen functional groups attached to an aromatic ring is 1. The van der Waals surface area contributed by atoms with Crippen LogP contribution in [0.4, 0.5) is 5.69 Å². The van der Waals surface area contributed by atoms with Crippen molar-refractivity contribution in [3.05, 3.63) is 89.2 Å². The van der Waals surface area contributed by atoms with Crippen molar-refractivity contribution in [3.8, 4) is 0 Å². The lowest BCUT2D eigenvalue weighted by Gasteiger charge is -2.22. The number of hydrogen-bond acceptors (Lipinski definition) is 4. The first-order valence-electron chi connectivity index (χ1n) is 7.95. The molecule has 3 rings (SSSR count). The average molecular weight is 388 g/mol. The van der Waals surface area contributed by atoms with Crippen LogP contribution in [0.25, 0.3) is 0 Å². The van der Waals surface area contributed by atoms with E-state index in [-0.39, 0.29) is 18.0 Å². The predicted molar refractivity (Wildman–Crippen MR) is 103 cm³/mol. The summed E-state index contributed by atoms with van der Waals surface area (Å²) in [5.41, 5.74) is 7.88. The summed E-state index contributed by atoms with van der Waals surface area (Å²) >= 11 is 5.89. The van der Waals surface area contributed by atoms with Gasteiger partial charge in [-0.2, -0.15) is 4.31 Å². The third kappa shape index (κ3) is 4.40. The van der Waals surface area contributed by atoms with Crippen molar-refractivity contribution in [1.29, 1.82) is 0 Å². The number of halogens is 1. The number of pyridine rings is 1. The van der Waals surface area contributed by atoms with E-state index in [1.54, 1.807) is 48.7 Å². The van der Waals surface area contributed by atoms with E-state index in [0.717, 1.165) is 5.56 Å².